The number of thiophene rings is 1. The maximum absolute atomic E-state index is 13.0. The third-order valence-electron chi connectivity index (χ3n) is 5.76. The second-order valence-corrected chi connectivity index (χ2v) is 9.99. The highest BCUT2D eigenvalue weighted by atomic mass is 79.9. The molecule has 0 fully saturated rings. The molecule has 0 aliphatic carbocycles. The first-order chi connectivity index (χ1) is 14.7. The molecule has 1 aromatic heterocycles. The second-order valence-electron chi connectivity index (χ2n) is 8.19. The molecule has 1 aliphatic heterocycles. The number of ether oxygens (including phenoxy) is 1. The van der Waals surface area contributed by atoms with Gasteiger partial charge in [0.1, 0.15) is 5.75 Å². The van der Waals surface area contributed by atoms with Gasteiger partial charge in [-0.05, 0) is 77.3 Å². The van der Waals surface area contributed by atoms with Crippen molar-refractivity contribution in [3.05, 3.63) is 50.1 Å². The van der Waals surface area contributed by atoms with Crippen LogP contribution >= 0.6 is 27.3 Å². The highest BCUT2D eigenvalue weighted by molar-refractivity contribution is 9.10. The lowest BCUT2D eigenvalue weighted by atomic mass is 9.96. The Morgan fingerprint density at radius 2 is 2.10 bits per heavy atom. The van der Waals surface area contributed by atoms with Crippen LogP contribution in [0, 0.1) is 11.8 Å². The van der Waals surface area contributed by atoms with E-state index in [9.17, 15) is 9.59 Å². The molecule has 5 nitrogen and oxygen atoms in total. The molecule has 0 N–H and O–H groups in total. The fraction of sp³-hybridized carbons (Fsp3) is 0.417. The molecule has 164 valence electrons. The standard InChI is InChI=1S/C24H27BrN2O3S/c1-24(2,11-6-5-8-19-9-7-13-31-19)26(3)22(28)23(29)27-12-10-17-15-21(30-4)20(25)14-18(17)16-27/h7,9,13-15H,6,10-12,16H2,1-4H3. The van der Waals surface area contributed by atoms with Gasteiger partial charge in [-0.25, -0.2) is 0 Å². The van der Waals surface area contributed by atoms with Crippen molar-refractivity contribution in [1.82, 2.24) is 9.80 Å². The zero-order valence-corrected chi connectivity index (χ0v) is 20.7. The summed E-state index contributed by atoms with van der Waals surface area (Å²) in [6, 6.07) is 7.93. The summed E-state index contributed by atoms with van der Waals surface area (Å²) in [5, 5.41) is 2.00. The molecule has 0 radical (unpaired) electrons. The van der Waals surface area contributed by atoms with Gasteiger partial charge in [0.25, 0.3) is 0 Å². The minimum Gasteiger partial charge on any atom is -0.496 e. The van der Waals surface area contributed by atoms with Crippen LogP contribution in [-0.2, 0) is 22.6 Å². The van der Waals surface area contributed by atoms with E-state index in [1.165, 1.54) is 0 Å². The summed E-state index contributed by atoms with van der Waals surface area (Å²) in [4.78, 5) is 30.1. The zero-order chi connectivity index (χ0) is 22.6. The molecule has 31 heavy (non-hydrogen) atoms. The van der Waals surface area contributed by atoms with Gasteiger partial charge < -0.3 is 14.5 Å². The molecule has 0 bridgehead atoms. The highest BCUT2D eigenvalue weighted by Crippen LogP contribution is 2.31. The van der Waals surface area contributed by atoms with Gasteiger partial charge in [-0.3, -0.25) is 9.59 Å². The number of carbonyl (C=O) groups excluding carboxylic acids is 2. The maximum atomic E-state index is 13.0. The number of amides is 2. The molecule has 7 heteroatoms. The molecule has 2 heterocycles. The molecule has 1 aliphatic rings. The predicted octanol–water partition coefficient (Wildman–Crippen LogP) is 4.47. The van der Waals surface area contributed by atoms with Crippen LogP contribution in [0.2, 0.25) is 0 Å². The summed E-state index contributed by atoms with van der Waals surface area (Å²) in [7, 11) is 3.33. The number of nitrogens with zero attached hydrogens (tertiary/aromatic N) is 2. The fourth-order valence-electron chi connectivity index (χ4n) is 3.48. The van der Waals surface area contributed by atoms with Crippen LogP contribution in [0.4, 0.5) is 0 Å². The van der Waals surface area contributed by atoms with Crippen LogP contribution in [-0.4, -0.2) is 47.9 Å². The lowest BCUT2D eigenvalue weighted by molar-refractivity contribution is -0.154. The van der Waals surface area contributed by atoms with E-state index in [0.717, 1.165) is 26.2 Å². The van der Waals surface area contributed by atoms with Crippen molar-refractivity contribution >= 4 is 39.1 Å². The summed E-state index contributed by atoms with van der Waals surface area (Å²) < 4.78 is 6.20. The van der Waals surface area contributed by atoms with E-state index in [0.29, 0.717) is 32.4 Å². The van der Waals surface area contributed by atoms with Crippen molar-refractivity contribution in [3.8, 4) is 17.6 Å². The zero-order valence-electron chi connectivity index (χ0n) is 18.3. The first-order valence-electron chi connectivity index (χ1n) is 10.2. The SMILES string of the molecule is COc1cc2c(cc1Br)CN(C(=O)C(=O)N(C)C(C)(C)CCC#Cc1cccs1)CC2. The van der Waals surface area contributed by atoms with E-state index in [-0.39, 0.29) is 0 Å². The predicted molar refractivity (Wildman–Crippen MR) is 127 cm³/mol. The largest absolute Gasteiger partial charge is 0.496 e. The van der Waals surface area contributed by atoms with E-state index in [4.69, 9.17) is 4.74 Å². The Bertz CT molecular complexity index is 1020. The maximum Gasteiger partial charge on any atom is 0.312 e. The lowest BCUT2D eigenvalue weighted by Gasteiger charge is -2.37. The van der Waals surface area contributed by atoms with Crippen LogP contribution < -0.4 is 4.74 Å². The van der Waals surface area contributed by atoms with E-state index in [2.05, 4.69) is 27.8 Å². The summed E-state index contributed by atoms with van der Waals surface area (Å²) in [6.45, 7) is 4.88. The molecule has 2 aromatic rings. The average molecular weight is 503 g/mol. The van der Waals surface area contributed by atoms with Crippen LogP contribution in [0.25, 0.3) is 0 Å². The molecular formula is C24H27BrN2O3S. The van der Waals surface area contributed by atoms with E-state index in [1.54, 1.807) is 35.3 Å². The van der Waals surface area contributed by atoms with Crippen molar-refractivity contribution in [1.29, 1.82) is 0 Å². The number of hydrogen-bond acceptors (Lipinski definition) is 4. The van der Waals surface area contributed by atoms with Gasteiger partial charge in [0.2, 0.25) is 0 Å². The average Bonchev–Trinajstić information content (AvgIpc) is 3.27. The Hall–Kier alpha value is -2.30. The monoisotopic (exact) mass is 502 g/mol. The van der Waals surface area contributed by atoms with E-state index < -0.39 is 17.4 Å². The number of likely N-dealkylation sites (N-methyl/N-ethyl adjacent to an activating group) is 1. The lowest BCUT2D eigenvalue weighted by Crippen LogP contribution is -2.52. The number of benzene rings is 1. The van der Waals surface area contributed by atoms with Crippen LogP contribution in [0.3, 0.4) is 0 Å². The van der Waals surface area contributed by atoms with Gasteiger partial charge >= 0.3 is 11.8 Å². The smallest absolute Gasteiger partial charge is 0.312 e. The van der Waals surface area contributed by atoms with Gasteiger partial charge in [-0.1, -0.05) is 17.9 Å². The highest BCUT2D eigenvalue weighted by Gasteiger charge is 2.34. The van der Waals surface area contributed by atoms with Crippen LogP contribution in [0.15, 0.2) is 34.1 Å². The first-order valence-corrected chi connectivity index (χ1v) is 11.8. The normalized spacial score (nSPS) is 13.1. The number of rotatable bonds is 4. The molecule has 0 atom stereocenters. The van der Waals surface area contributed by atoms with Crippen molar-refractivity contribution in [2.24, 2.45) is 0 Å². The Morgan fingerprint density at radius 3 is 2.77 bits per heavy atom. The number of hydrogen-bond donors (Lipinski definition) is 0. The fourth-order valence-corrected chi connectivity index (χ4v) is 4.62. The van der Waals surface area contributed by atoms with Gasteiger partial charge in [0.15, 0.2) is 0 Å². The Kier molecular flexibility index (Phi) is 7.45. The molecule has 0 spiro atoms. The third-order valence-corrected chi connectivity index (χ3v) is 7.17. The number of fused-ring (bicyclic) bond motifs is 1. The molecule has 0 saturated heterocycles. The number of carbonyl (C=O) groups is 2. The van der Waals surface area contributed by atoms with Crippen molar-refractivity contribution in [3.63, 3.8) is 0 Å². The van der Waals surface area contributed by atoms with Gasteiger partial charge in [0.05, 0.1) is 16.5 Å². The van der Waals surface area contributed by atoms with Gasteiger partial charge in [0, 0.05) is 32.1 Å². The molecule has 1 aromatic carbocycles. The van der Waals surface area contributed by atoms with Crippen LogP contribution in [0.1, 0.15) is 42.7 Å². The topological polar surface area (TPSA) is 49.9 Å². The van der Waals surface area contributed by atoms with Crippen molar-refractivity contribution in [2.75, 3.05) is 20.7 Å². The van der Waals surface area contributed by atoms with Gasteiger partial charge in [-0.2, -0.15) is 0 Å². The van der Waals surface area contributed by atoms with E-state index in [1.807, 2.05) is 43.5 Å². The Labute approximate surface area is 196 Å². The molecular weight excluding hydrogens is 476 g/mol. The van der Waals surface area contributed by atoms with Gasteiger partial charge in [-0.15, -0.1) is 11.3 Å². The van der Waals surface area contributed by atoms with Crippen molar-refractivity contribution in [2.45, 2.75) is 45.2 Å². The molecule has 2 amide bonds. The molecule has 0 unspecified atom stereocenters. The molecule has 0 saturated carbocycles. The Morgan fingerprint density at radius 1 is 1.32 bits per heavy atom. The minimum absolute atomic E-state index is 0.420. The summed E-state index contributed by atoms with van der Waals surface area (Å²) in [6.07, 6.45) is 2.05. The second kappa shape index (κ2) is 9.88. The number of halogens is 1. The summed E-state index contributed by atoms with van der Waals surface area (Å²) in [5.41, 5.74) is 1.71. The van der Waals surface area contributed by atoms with Crippen molar-refractivity contribution < 1.29 is 14.3 Å². The van der Waals surface area contributed by atoms with Crippen LogP contribution in [0.5, 0.6) is 5.75 Å². The first kappa shape index (κ1) is 23.4. The summed E-state index contributed by atoms with van der Waals surface area (Å²) in [5.74, 6) is 6.14. The quantitative estimate of drug-likeness (QED) is 0.457. The van der Waals surface area contributed by atoms with E-state index >= 15 is 0 Å². The minimum atomic E-state index is -0.479. The Balaban J connectivity index is 1.62. The number of methoxy groups -OCH3 is 1. The third kappa shape index (κ3) is 5.50. The molecule has 3 rings (SSSR count). The summed E-state index contributed by atoms with van der Waals surface area (Å²) >= 11 is 5.11.